The zero-order chi connectivity index (χ0) is 13.8. The molecule has 1 amide bonds. The number of rotatable bonds is 5. The van der Waals surface area contributed by atoms with Crippen LogP contribution >= 0.6 is 0 Å². The van der Waals surface area contributed by atoms with Crippen molar-refractivity contribution in [2.24, 2.45) is 0 Å². The normalized spacial score (nSPS) is 21.8. The van der Waals surface area contributed by atoms with Gasteiger partial charge < -0.3 is 4.90 Å². The van der Waals surface area contributed by atoms with Gasteiger partial charge in [-0.3, -0.25) is 4.79 Å². The van der Waals surface area contributed by atoms with Crippen LogP contribution in [0.25, 0.3) is 0 Å². The van der Waals surface area contributed by atoms with Crippen LogP contribution in [0, 0.1) is 0 Å². The molecule has 106 valence electrons. The molecule has 0 aromatic rings. The number of amides is 1. The maximum absolute atomic E-state index is 12.3. The minimum atomic E-state index is -3.29. The summed E-state index contributed by atoms with van der Waals surface area (Å²) in [7, 11) is -1.53. The van der Waals surface area contributed by atoms with Crippen LogP contribution < -0.4 is 0 Å². The number of hydrogen-bond acceptors (Lipinski definition) is 3. The number of unbranched alkanes of at least 4 members (excludes halogenated alkanes) is 1. The molecule has 0 N–H and O–H groups in total. The molecule has 1 aliphatic heterocycles. The molecule has 0 radical (unpaired) electrons. The van der Waals surface area contributed by atoms with Gasteiger partial charge in [-0.25, -0.2) is 8.42 Å². The number of sulfonamides is 1. The van der Waals surface area contributed by atoms with Crippen molar-refractivity contribution in [3.8, 4) is 0 Å². The summed E-state index contributed by atoms with van der Waals surface area (Å²) in [5.41, 5.74) is 0. The highest BCUT2D eigenvalue weighted by atomic mass is 32.2. The van der Waals surface area contributed by atoms with Crippen LogP contribution in [0.5, 0.6) is 0 Å². The molecule has 1 saturated heterocycles. The lowest BCUT2D eigenvalue weighted by atomic mass is 10.0. The SMILES string of the molecule is CCCCN(C)C(=O)C1CCCCN1S(C)(=O)=O. The molecular formula is C12H24N2O3S. The van der Waals surface area contributed by atoms with Crippen LogP contribution in [0.15, 0.2) is 0 Å². The molecule has 0 aliphatic carbocycles. The van der Waals surface area contributed by atoms with Gasteiger partial charge in [0.15, 0.2) is 0 Å². The standard InChI is InChI=1S/C12H24N2O3S/c1-4-5-9-13(2)12(15)11-8-6-7-10-14(11)18(3,16)17/h11H,4-10H2,1-3H3. The van der Waals surface area contributed by atoms with Gasteiger partial charge in [0.25, 0.3) is 0 Å². The predicted molar refractivity (Wildman–Crippen MR) is 71.7 cm³/mol. The Morgan fingerprint density at radius 1 is 1.39 bits per heavy atom. The van der Waals surface area contributed by atoms with E-state index in [-0.39, 0.29) is 5.91 Å². The Bertz CT molecular complexity index is 381. The molecule has 0 saturated carbocycles. The van der Waals surface area contributed by atoms with E-state index in [1.54, 1.807) is 11.9 Å². The number of carbonyl (C=O) groups excluding carboxylic acids is 1. The van der Waals surface area contributed by atoms with Gasteiger partial charge in [0, 0.05) is 20.1 Å². The van der Waals surface area contributed by atoms with Crippen molar-refractivity contribution in [3.63, 3.8) is 0 Å². The molecule has 1 rings (SSSR count). The number of likely N-dealkylation sites (N-methyl/N-ethyl adjacent to an activating group) is 1. The van der Waals surface area contributed by atoms with Crippen molar-refractivity contribution >= 4 is 15.9 Å². The first kappa shape index (κ1) is 15.4. The highest BCUT2D eigenvalue weighted by molar-refractivity contribution is 7.88. The van der Waals surface area contributed by atoms with Gasteiger partial charge in [-0.05, 0) is 19.3 Å². The third-order valence-corrected chi connectivity index (χ3v) is 4.68. The van der Waals surface area contributed by atoms with Crippen LogP contribution in [-0.4, -0.2) is 56.0 Å². The van der Waals surface area contributed by atoms with Gasteiger partial charge in [-0.1, -0.05) is 19.8 Å². The van der Waals surface area contributed by atoms with Crippen LogP contribution in [0.1, 0.15) is 39.0 Å². The van der Waals surface area contributed by atoms with Crippen molar-refractivity contribution in [2.45, 2.75) is 45.1 Å². The fraction of sp³-hybridized carbons (Fsp3) is 0.917. The molecule has 1 aliphatic rings. The Labute approximate surface area is 110 Å². The maximum Gasteiger partial charge on any atom is 0.240 e. The molecule has 0 spiro atoms. The summed E-state index contributed by atoms with van der Waals surface area (Å²) in [5, 5.41) is 0. The first-order chi connectivity index (χ1) is 8.38. The second-order valence-electron chi connectivity index (χ2n) is 5.00. The second-order valence-corrected chi connectivity index (χ2v) is 6.93. The van der Waals surface area contributed by atoms with Gasteiger partial charge >= 0.3 is 0 Å². The van der Waals surface area contributed by atoms with Crippen LogP contribution in [0.2, 0.25) is 0 Å². The molecule has 5 nitrogen and oxygen atoms in total. The fourth-order valence-corrected chi connectivity index (χ4v) is 3.43. The molecule has 0 aromatic carbocycles. The third kappa shape index (κ3) is 3.95. The lowest BCUT2D eigenvalue weighted by Crippen LogP contribution is -2.52. The average molecular weight is 276 g/mol. The van der Waals surface area contributed by atoms with E-state index in [4.69, 9.17) is 0 Å². The maximum atomic E-state index is 12.3. The Kier molecular flexibility index (Phi) is 5.59. The summed E-state index contributed by atoms with van der Waals surface area (Å²) in [5.74, 6) is -0.0615. The average Bonchev–Trinajstić information content (AvgIpc) is 2.34. The highest BCUT2D eigenvalue weighted by Crippen LogP contribution is 2.21. The minimum Gasteiger partial charge on any atom is -0.344 e. The molecule has 1 atom stereocenters. The van der Waals surface area contributed by atoms with E-state index in [0.717, 1.165) is 25.7 Å². The summed E-state index contributed by atoms with van der Waals surface area (Å²) >= 11 is 0. The molecule has 0 bridgehead atoms. The molecule has 1 unspecified atom stereocenters. The van der Waals surface area contributed by atoms with Crippen LogP contribution in [-0.2, 0) is 14.8 Å². The minimum absolute atomic E-state index is 0.0615. The second kappa shape index (κ2) is 6.52. The molecule has 1 heterocycles. The highest BCUT2D eigenvalue weighted by Gasteiger charge is 2.35. The lowest BCUT2D eigenvalue weighted by molar-refractivity contribution is -0.134. The Morgan fingerprint density at radius 3 is 2.61 bits per heavy atom. The topological polar surface area (TPSA) is 57.7 Å². The van der Waals surface area contributed by atoms with Crippen molar-refractivity contribution in [2.75, 3.05) is 26.4 Å². The number of carbonyl (C=O) groups is 1. The van der Waals surface area contributed by atoms with Crippen LogP contribution in [0.4, 0.5) is 0 Å². The van der Waals surface area contributed by atoms with E-state index in [9.17, 15) is 13.2 Å². The number of hydrogen-bond donors (Lipinski definition) is 0. The van der Waals surface area contributed by atoms with Crippen LogP contribution in [0.3, 0.4) is 0 Å². The lowest BCUT2D eigenvalue weighted by Gasteiger charge is -2.35. The zero-order valence-corrected chi connectivity index (χ0v) is 12.4. The van der Waals surface area contributed by atoms with E-state index in [1.165, 1.54) is 10.6 Å². The largest absolute Gasteiger partial charge is 0.344 e. The first-order valence-corrected chi connectivity index (χ1v) is 8.44. The third-order valence-electron chi connectivity index (χ3n) is 3.39. The zero-order valence-electron chi connectivity index (χ0n) is 11.6. The van der Waals surface area contributed by atoms with Gasteiger partial charge in [-0.2, -0.15) is 4.31 Å². The molecule has 1 fully saturated rings. The van der Waals surface area contributed by atoms with E-state index in [1.807, 2.05) is 0 Å². The number of nitrogens with zero attached hydrogens (tertiary/aromatic N) is 2. The summed E-state index contributed by atoms with van der Waals surface area (Å²) in [6.45, 7) is 3.24. The summed E-state index contributed by atoms with van der Waals surface area (Å²) in [4.78, 5) is 13.9. The van der Waals surface area contributed by atoms with Crippen molar-refractivity contribution < 1.29 is 13.2 Å². The Balaban J connectivity index is 2.74. The first-order valence-electron chi connectivity index (χ1n) is 6.59. The number of piperidine rings is 1. The van der Waals surface area contributed by atoms with Crippen molar-refractivity contribution in [1.29, 1.82) is 0 Å². The Morgan fingerprint density at radius 2 is 2.06 bits per heavy atom. The monoisotopic (exact) mass is 276 g/mol. The van der Waals surface area contributed by atoms with E-state index < -0.39 is 16.1 Å². The molecule has 6 heteroatoms. The van der Waals surface area contributed by atoms with Gasteiger partial charge in [-0.15, -0.1) is 0 Å². The predicted octanol–water partition coefficient (Wildman–Crippen LogP) is 1.06. The van der Waals surface area contributed by atoms with E-state index in [2.05, 4.69) is 6.92 Å². The molecule has 18 heavy (non-hydrogen) atoms. The van der Waals surface area contributed by atoms with E-state index in [0.29, 0.717) is 19.5 Å². The molecular weight excluding hydrogens is 252 g/mol. The quantitative estimate of drug-likeness (QED) is 0.754. The summed E-state index contributed by atoms with van der Waals surface area (Å²) in [6.07, 6.45) is 5.57. The van der Waals surface area contributed by atoms with Gasteiger partial charge in [0.1, 0.15) is 6.04 Å². The van der Waals surface area contributed by atoms with E-state index >= 15 is 0 Å². The smallest absolute Gasteiger partial charge is 0.240 e. The Hall–Kier alpha value is -0.620. The summed E-state index contributed by atoms with van der Waals surface area (Å²) < 4.78 is 24.7. The van der Waals surface area contributed by atoms with Gasteiger partial charge in [0.2, 0.25) is 15.9 Å². The fourth-order valence-electron chi connectivity index (χ4n) is 2.31. The van der Waals surface area contributed by atoms with Crippen molar-refractivity contribution in [1.82, 2.24) is 9.21 Å². The summed E-state index contributed by atoms with van der Waals surface area (Å²) in [6, 6.07) is -0.490. The van der Waals surface area contributed by atoms with Gasteiger partial charge in [0.05, 0.1) is 6.26 Å². The molecule has 0 aromatic heterocycles. The van der Waals surface area contributed by atoms with Crippen molar-refractivity contribution in [3.05, 3.63) is 0 Å².